The number of nitrogens with one attached hydrogen (secondary N) is 2. The SMILES string of the molecule is Cc1c(C(F)F)cccc1[C@@H](C)NC(=O)c1cn(C2CC(C)(I)C2)c(=O)cc1NC[C@@H]1[C@@H]2CC[C@H]1CN(C)C2. The van der Waals surface area contributed by atoms with Gasteiger partial charge in [0.15, 0.2) is 0 Å². The average Bonchev–Trinajstić information content (AvgIpc) is 3.09. The minimum atomic E-state index is -2.58. The first kappa shape index (κ1) is 28.5. The van der Waals surface area contributed by atoms with Crippen molar-refractivity contribution in [2.75, 3.05) is 32.0 Å². The van der Waals surface area contributed by atoms with Gasteiger partial charge in [-0.15, -0.1) is 0 Å². The molecule has 2 aromatic rings. The van der Waals surface area contributed by atoms with Crippen LogP contribution in [0, 0.1) is 24.7 Å². The van der Waals surface area contributed by atoms with Gasteiger partial charge in [-0.1, -0.05) is 47.7 Å². The van der Waals surface area contributed by atoms with Crippen molar-refractivity contribution in [2.24, 2.45) is 17.8 Å². The molecule has 4 atom stereocenters. The summed E-state index contributed by atoms with van der Waals surface area (Å²) in [5, 5.41) is 6.52. The van der Waals surface area contributed by atoms with Crippen molar-refractivity contribution >= 4 is 34.2 Å². The maximum Gasteiger partial charge on any atom is 0.264 e. The summed E-state index contributed by atoms with van der Waals surface area (Å²) in [6, 6.07) is 5.96. The molecule has 6 nitrogen and oxygen atoms in total. The third-order valence-corrected chi connectivity index (χ3v) is 10.1. The number of rotatable bonds is 8. The fourth-order valence-corrected chi connectivity index (χ4v) is 8.16. The summed E-state index contributed by atoms with van der Waals surface area (Å²) < 4.78 is 28.8. The van der Waals surface area contributed by atoms with Gasteiger partial charge in [0.25, 0.3) is 17.9 Å². The van der Waals surface area contributed by atoms with Crippen molar-refractivity contribution in [1.82, 2.24) is 14.8 Å². The molecule has 1 aromatic carbocycles. The number of fused-ring (bicyclic) bond motifs is 2. The Bertz CT molecular complexity index is 1270. The van der Waals surface area contributed by atoms with Crippen molar-refractivity contribution in [3.05, 3.63) is 63.1 Å². The van der Waals surface area contributed by atoms with E-state index in [1.165, 1.54) is 18.9 Å². The summed E-state index contributed by atoms with van der Waals surface area (Å²) in [4.78, 5) is 29.3. The van der Waals surface area contributed by atoms with Crippen LogP contribution in [0.3, 0.4) is 0 Å². The molecule has 1 saturated heterocycles. The highest BCUT2D eigenvalue weighted by Crippen LogP contribution is 2.47. The van der Waals surface area contributed by atoms with Crippen LogP contribution in [-0.4, -0.2) is 45.5 Å². The Balaban J connectivity index is 1.40. The number of alkyl halides is 3. The minimum absolute atomic E-state index is 0.0240. The second-order valence-corrected chi connectivity index (χ2v) is 14.8. The van der Waals surface area contributed by atoms with Crippen LogP contribution in [0.15, 0.2) is 35.3 Å². The molecule has 2 aliphatic carbocycles. The molecule has 0 radical (unpaired) electrons. The van der Waals surface area contributed by atoms with Gasteiger partial charge in [0.2, 0.25) is 0 Å². The van der Waals surface area contributed by atoms with E-state index in [0.29, 0.717) is 40.1 Å². The molecule has 3 aliphatic rings. The van der Waals surface area contributed by atoms with Gasteiger partial charge in [0.05, 0.1) is 17.3 Å². The Hall–Kier alpha value is -2.01. The van der Waals surface area contributed by atoms with Crippen LogP contribution in [-0.2, 0) is 0 Å². The highest BCUT2D eigenvalue weighted by Gasteiger charge is 2.41. The van der Waals surface area contributed by atoms with E-state index in [-0.39, 0.29) is 26.5 Å². The lowest BCUT2D eigenvalue weighted by Crippen LogP contribution is -2.43. The first-order valence-electron chi connectivity index (χ1n) is 14.0. The van der Waals surface area contributed by atoms with Gasteiger partial charge in [-0.3, -0.25) is 9.59 Å². The Labute approximate surface area is 243 Å². The minimum Gasteiger partial charge on any atom is -0.384 e. The third-order valence-electron chi connectivity index (χ3n) is 9.25. The smallest absolute Gasteiger partial charge is 0.264 e. The average molecular weight is 653 g/mol. The van der Waals surface area contributed by atoms with Gasteiger partial charge in [-0.25, -0.2) is 8.78 Å². The van der Waals surface area contributed by atoms with Gasteiger partial charge in [-0.05, 0) is 75.5 Å². The summed E-state index contributed by atoms with van der Waals surface area (Å²) in [5.41, 5.74) is 1.99. The molecule has 2 heterocycles. The van der Waals surface area contributed by atoms with Crippen molar-refractivity contribution in [3.63, 3.8) is 0 Å². The molecule has 2 saturated carbocycles. The van der Waals surface area contributed by atoms with Gasteiger partial charge in [-0.2, -0.15) is 0 Å². The van der Waals surface area contributed by atoms with Crippen LogP contribution in [0.2, 0.25) is 0 Å². The van der Waals surface area contributed by atoms with Crippen LogP contribution in [0.25, 0.3) is 0 Å². The molecule has 1 amide bonds. The zero-order chi connectivity index (χ0) is 28.1. The number of benzene rings is 1. The number of amides is 1. The maximum atomic E-state index is 13.7. The van der Waals surface area contributed by atoms with E-state index in [9.17, 15) is 18.4 Å². The lowest BCUT2D eigenvalue weighted by Gasteiger charge is -2.42. The van der Waals surface area contributed by atoms with Crippen LogP contribution in [0.1, 0.15) is 85.1 Å². The molecule has 2 N–H and O–H groups in total. The Morgan fingerprint density at radius 3 is 2.44 bits per heavy atom. The predicted octanol–water partition coefficient (Wildman–Crippen LogP) is 6.11. The summed E-state index contributed by atoms with van der Waals surface area (Å²) in [5.74, 6) is 1.45. The van der Waals surface area contributed by atoms with Crippen molar-refractivity contribution < 1.29 is 13.6 Å². The normalized spacial score (nSPS) is 29.2. The first-order valence-corrected chi connectivity index (χ1v) is 15.1. The van der Waals surface area contributed by atoms with Gasteiger partial charge >= 0.3 is 0 Å². The second kappa shape index (κ2) is 11.1. The Morgan fingerprint density at radius 1 is 1.18 bits per heavy atom. The van der Waals surface area contributed by atoms with Crippen molar-refractivity contribution in [1.29, 1.82) is 0 Å². The predicted molar refractivity (Wildman–Crippen MR) is 159 cm³/mol. The van der Waals surface area contributed by atoms with Gasteiger partial charge in [0.1, 0.15) is 0 Å². The molecule has 5 rings (SSSR count). The Kier molecular flexibility index (Phi) is 8.12. The molecular formula is C30H39F2IN4O2. The van der Waals surface area contributed by atoms with Crippen LogP contribution >= 0.6 is 22.6 Å². The number of aromatic nitrogens is 1. The zero-order valence-corrected chi connectivity index (χ0v) is 25.3. The number of halogens is 3. The van der Waals surface area contributed by atoms with E-state index in [2.05, 4.69) is 52.1 Å². The lowest BCUT2D eigenvalue weighted by atomic mass is 9.81. The number of carbonyl (C=O) groups excluding carboxylic acids is 1. The zero-order valence-electron chi connectivity index (χ0n) is 23.1. The lowest BCUT2D eigenvalue weighted by molar-refractivity contribution is 0.0939. The number of nitrogens with zero attached hydrogens (tertiary/aromatic N) is 2. The number of hydrogen-bond acceptors (Lipinski definition) is 4. The van der Waals surface area contributed by atoms with Crippen LogP contribution in [0.5, 0.6) is 0 Å². The highest BCUT2D eigenvalue weighted by atomic mass is 127. The van der Waals surface area contributed by atoms with E-state index in [1.807, 2.05) is 6.92 Å². The van der Waals surface area contributed by atoms with E-state index in [4.69, 9.17) is 0 Å². The fourth-order valence-electron chi connectivity index (χ4n) is 7.14. The summed E-state index contributed by atoms with van der Waals surface area (Å²) >= 11 is 2.43. The number of anilines is 1. The highest BCUT2D eigenvalue weighted by molar-refractivity contribution is 14.1. The quantitative estimate of drug-likeness (QED) is 0.267. The van der Waals surface area contributed by atoms with E-state index >= 15 is 0 Å². The molecule has 3 fully saturated rings. The first-order chi connectivity index (χ1) is 18.4. The summed E-state index contributed by atoms with van der Waals surface area (Å²) in [7, 11) is 2.18. The maximum absolute atomic E-state index is 13.7. The van der Waals surface area contributed by atoms with E-state index in [1.54, 1.807) is 35.9 Å². The van der Waals surface area contributed by atoms with E-state index < -0.39 is 12.5 Å². The standard InChI is InChI=1S/C30H39F2IN4O2/c1-17-22(6-5-7-23(17)28(31)32)18(2)35-29(39)25-16-37(21-11-30(3,33)12-21)27(38)10-26(25)34-13-24-19-8-9-20(24)15-36(4)14-19/h5-7,10,16,18-21,24,28,34H,8-9,11-15H2,1-4H3,(H,35,39)/t18-,19-,20+,21?,24-,30?/m1/s1. The molecule has 0 spiro atoms. The van der Waals surface area contributed by atoms with Crippen LogP contribution in [0.4, 0.5) is 14.5 Å². The monoisotopic (exact) mass is 652 g/mol. The molecule has 2 bridgehead atoms. The molecule has 1 aromatic heterocycles. The molecule has 39 heavy (non-hydrogen) atoms. The molecule has 9 heteroatoms. The summed E-state index contributed by atoms with van der Waals surface area (Å²) in [6.07, 6.45) is 3.32. The van der Waals surface area contributed by atoms with E-state index in [0.717, 1.165) is 32.5 Å². The third kappa shape index (κ3) is 5.89. The van der Waals surface area contributed by atoms with Crippen molar-refractivity contribution in [3.8, 4) is 0 Å². The number of likely N-dealkylation sites (tertiary alicyclic amines) is 1. The number of piperidine rings is 1. The second-order valence-electron chi connectivity index (χ2n) is 12.2. The van der Waals surface area contributed by atoms with Gasteiger partial charge < -0.3 is 20.1 Å². The molecule has 1 aliphatic heterocycles. The van der Waals surface area contributed by atoms with Gasteiger partial charge in [0, 0.05) is 46.9 Å². The summed E-state index contributed by atoms with van der Waals surface area (Å²) in [6.45, 7) is 8.55. The molecular weight excluding hydrogens is 613 g/mol. The number of carbonyl (C=O) groups is 1. The topological polar surface area (TPSA) is 66.4 Å². The number of hydrogen-bond donors (Lipinski definition) is 2. The Morgan fingerprint density at radius 2 is 1.82 bits per heavy atom. The molecule has 0 unspecified atom stereocenters. The largest absolute Gasteiger partial charge is 0.384 e. The van der Waals surface area contributed by atoms with Crippen LogP contribution < -0.4 is 16.2 Å². The molecule has 212 valence electrons. The van der Waals surface area contributed by atoms with Crippen molar-refractivity contribution in [2.45, 2.75) is 68.4 Å². The number of pyridine rings is 1. The fraction of sp³-hybridized carbons (Fsp3) is 0.600.